The van der Waals surface area contributed by atoms with E-state index in [-0.39, 0.29) is 30.2 Å². The van der Waals surface area contributed by atoms with Crippen molar-refractivity contribution in [1.29, 1.82) is 0 Å². The highest BCUT2D eigenvalue weighted by Crippen LogP contribution is 2.26. The highest BCUT2D eigenvalue weighted by atomic mass is 32.2. The summed E-state index contributed by atoms with van der Waals surface area (Å²) in [6.45, 7) is 1.53. The van der Waals surface area contributed by atoms with Crippen molar-refractivity contribution in [3.05, 3.63) is 18.0 Å². The molecule has 1 aromatic rings. The molecule has 2 aliphatic rings. The van der Waals surface area contributed by atoms with Gasteiger partial charge in [0.2, 0.25) is 0 Å². The summed E-state index contributed by atoms with van der Waals surface area (Å²) in [6.07, 6.45) is 7.71. The zero-order valence-electron chi connectivity index (χ0n) is 14.6. The Labute approximate surface area is 148 Å². The van der Waals surface area contributed by atoms with Crippen LogP contribution in [0.4, 0.5) is 4.79 Å². The van der Waals surface area contributed by atoms with Gasteiger partial charge in [0.15, 0.2) is 9.84 Å². The van der Waals surface area contributed by atoms with Crippen molar-refractivity contribution in [2.45, 2.75) is 37.8 Å². The second-order valence-corrected chi connectivity index (χ2v) is 9.01. The monoisotopic (exact) mass is 370 g/mol. The van der Waals surface area contributed by atoms with Gasteiger partial charge in [0.25, 0.3) is 0 Å². The third-order valence-electron chi connectivity index (χ3n) is 4.82. The van der Waals surface area contributed by atoms with Crippen LogP contribution in [-0.2, 0) is 21.6 Å². The lowest BCUT2D eigenvalue weighted by Gasteiger charge is -2.35. The molecule has 2 atom stereocenters. The molecule has 0 aromatic carbocycles. The molecule has 2 amide bonds. The first-order valence-corrected chi connectivity index (χ1v) is 10.6. The molecule has 0 radical (unpaired) electrons. The van der Waals surface area contributed by atoms with Gasteiger partial charge in [0, 0.05) is 38.5 Å². The first kappa shape index (κ1) is 18.2. The van der Waals surface area contributed by atoms with Crippen molar-refractivity contribution in [2.75, 3.05) is 31.2 Å². The minimum Gasteiger partial charge on any atom is -0.378 e. The Balaban J connectivity index is 1.60. The van der Waals surface area contributed by atoms with Crippen LogP contribution >= 0.6 is 0 Å². The van der Waals surface area contributed by atoms with Gasteiger partial charge < -0.3 is 15.0 Å². The van der Waals surface area contributed by atoms with E-state index in [0.717, 1.165) is 31.4 Å². The molecule has 3 heterocycles. The highest BCUT2D eigenvalue weighted by molar-refractivity contribution is 7.91. The molecule has 3 rings (SSSR count). The molecule has 0 spiro atoms. The fraction of sp³-hybridized carbons (Fsp3) is 0.750. The van der Waals surface area contributed by atoms with E-state index in [2.05, 4.69) is 10.4 Å². The van der Waals surface area contributed by atoms with E-state index in [9.17, 15) is 13.2 Å². The van der Waals surface area contributed by atoms with Crippen molar-refractivity contribution in [1.82, 2.24) is 20.0 Å². The van der Waals surface area contributed by atoms with Crippen molar-refractivity contribution < 1.29 is 17.9 Å². The minimum atomic E-state index is -3.15. The number of nitrogens with zero attached hydrogens (tertiary/aromatic N) is 3. The number of nitrogens with one attached hydrogen (secondary N) is 1. The van der Waals surface area contributed by atoms with Crippen LogP contribution in [0.5, 0.6) is 0 Å². The van der Waals surface area contributed by atoms with Crippen LogP contribution in [0.3, 0.4) is 0 Å². The molecule has 140 valence electrons. The van der Waals surface area contributed by atoms with Gasteiger partial charge in [-0.15, -0.1) is 0 Å². The van der Waals surface area contributed by atoms with Gasteiger partial charge in [-0.2, -0.15) is 5.10 Å². The Kier molecular flexibility index (Phi) is 5.63. The Hall–Kier alpha value is -1.61. The Morgan fingerprint density at radius 1 is 1.44 bits per heavy atom. The Morgan fingerprint density at radius 3 is 2.96 bits per heavy atom. The van der Waals surface area contributed by atoms with Crippen LogP contribution in [0.1, 0.15) is 37.3 Å². The summed E-state index contributed by atoms with van der Waals surface area (Å²) in [7, 11) is -1.38. The van der Waals surface area contributed by atoms with E-state index in [4.69, 9.17) is 4.74 Å². The van der Waals surface area contributed by atoms with Gasteiger partial charge >= 0.3 is 6.03 Å². The minimum absolute atomic E-state index is 0.00290. The normalized spacial score (nSPS) is 26.4. The predicted octanol–water partition coefficient (Wildman–Crippen LogP) is 0.860. The van der Waals surface area contributed by atoms with Crippen LogP contribution in [0.15, 0.2) is 12.4 Å². The van der Waals surface area contributed by atoms with Gasteiger partial charge in [-0.05, 0) is 25.7 Å². The van der Waals surface area contributed by atoms with Gasteiger partial charge in [0.05, 0.1) is 29.8 Å². The van der Waals surface area contributed by atoms with E-state index in [1.807, 2.05) is 0 Å². The molecule has 0 saturated carbocycles. The first-order chi connectivity index (χ1) is 11.9. The van der Waals surface area contributed by atoms with Gasteiger partial charge in [-0.1, -0.05) is 0 Å². The fourth-order valence-electron chi connectivity index (χ4n) is 3.42. The summed E-state index contributed by atoms with van der Waals surface area (Å²) in [5.74, 6) is -0.0548. The van der Waals surface area contributed by atoms with E-state index in [1.165, 1.54) is 6.42 Å². The maximum atomic E-state index is 12.6. The maximum Gasteiger partial charge on any atom is 0.317 e. The van der Waals surface area contributed by atoms with Crippen LogP contribution in [-0.4, -0.2) is 66.4 Å². The number of amides is 2. The molecule has 0 aliphatic carbocycles. The molecule has 1 aromatic heterocycles. The molecule has 25 heavy (non-hydrogen) atoms. The smallest absolute Gasteiger partial charge is 0.317 e. The average molecular weight is 370 g/mol. The average Bonchev–Trinajstić information content (AvgIpc) is 3.01. The largest absolute Gasteiger partial charge is 0.378 e. The van der Waals surface area contributed by atoms with E-state index >= 15 is 0 Å². The summed E-state index contributed by atoms with van der Waals surface area (Å²) >= 11 is 0. The molecule has 0 bridgehead atoms. The number of aromatic nitrogens is 2. The van der Waals surface area contributed by atoms with Crippen LogP contribution in [0.25, 0.3) is 0 Å². The lowest BCUT2D eigenvalue weighted by atomic mass is 10.1. The van der Waals surface area contributed by atoms with Gasteiger partial charge in [-0.25, -0.2) is 13.2 Å². The van der Waals surface area contributed by atoms with Crippen LogP contribution < -0.4 is 5.32 Å². The van der Waals surface area contributed by atoms with Crippen molar-refractivity contribution in [2.24, 2.45) is 7.05 Å². The fourth-order valence-corrected chi connectivity index (χ4v) is 4.91. The standard InChI is InChI=1S/C16H26N4O4S/c1-19-11-13(10-18-19)15-12-25(22,23)9-7-20(15)16(21)17-6-5-14-4-2-3-8-24-14/h10-11,14-15H,2-9,12H2,1H3,(H,17,21). The SMILES string of the molecule is Cn1cc(C2CS(=O)(=O)CCN2C(=O)NCCC2CCCCO2)cn1. The number of aryl methyl sites for hydroxylation is 1. The van der Waals surface area contributed by atoms with Crippen molar-refractivity contribution in [3.63, 3.8) is 0 Å². The number of hydrogen-bond acceptors (Lipinski definition) is 5. The summed E-state index contributed by atoms with van der Waals surface area (Å²) in [5.41, 5.74) is 0.747. The second-order valence-electron chi connectivity index (χ2n) is 6.78. The molecular formula is C16H26N4O4S. The number of carbonyl (C=O) groups excluding carboxylic acids is 1. The quantitative estimate of drug-likeness (QED) is 0.848. The number of carbonyl (C=O) groups is 1. The first-order valence-electron chi connectivity index (χ1n) is 8.80. The number of urea groups is 1. The molecule has 2 saturated heterocycles. The van der Waals surface area contributed by atoms with E-state index in [0.29, 0.717) is 6.54 Å². The summed E-state index contributed by atoms with van der Waals surface area (Å²) in [6, 6.07) is -0.710. The maximum absolute atomic E-state index is 12.6. The van der Waals surface area contributed by atoms with Crippen molar-refractivity contribution in [3.8, 4) is 0 Å². The molecule has 2 fully saturated rings. The third-order valence-corrected chi connectivity index (χ3v) is 6.45. The Morgan fingerprint density at radius 2 is 2.28 bits per heavy atom. The summed E-state index contributed by atoms with van der Waals surface area (Å²) in [5, 5.41) is 7.02. The molecule has 1 N–H and O–H groups in total. The number of sulfone groups is 1. The Bertz CT molecular complexity index is 697. The third kappa shape index (κ3) is 4.72. The number of ether oxygens (including phenoxy) is 1. The second kappa shape index (κ2) is 7.74. The number of hydrogen-bond donors (Lipinski definition) is 1. The van der Waals surface area contributed by atoms with Gasteiger partial charge in [-0.3, -0.25) is 4.68 Å². The zero-order chi connectivity index (χ0) is 17.9. The van der Waals surface area contributed by atoms with Crippen LogP contribution in [0.2, 0.25) is 0 Å². The zero-order valence-corrected chi connectivity index (χ0v) is 15.4. The molecule has 8 nitrogen and oxygen atoms in total. The van der Waals surface area contributed by atoms with E-state index < -0.39 is 15.9 Å². The number of rotatable bonds is 4. The predicted molar refractivity (Wildman–Crippen MR) is 92.9 cm³/mol. The van der Waals surface area contributed by atoms with Crippen molar-refractivity contribution >= 4 is 15.9 Å². The van der Waals surface area contributed by atoms with Gasteiger partial charge in [0.1, 0.15) is 0 Å². The molecule has 9 heteroatoms. The summed E-state index contributed by atoms with van der Waals surface area (Å²) < 4.78 is 31.3. The lowest BCUT2D eigenvalue weighted by molar-refractivity contribution is 0.0118. The topological polar surface area (TPSA) is 93.5 Å². The van der Waals surface area contributed by atoms with E-state index in [1.54, 1.807) is 29.0 Å². The van der Waals surface area contributed by atoms with Crippen LogP contribution in [0, 0.1) is 0 Å². The molecule has 2 aliphatic heterocycles. The summed E-state index contributed by atoms with van der Waals surface area (Å²) in [4.78, 5) is 14.2. The molecular weight excluding hydrogens is 344 g/mol. The molecule has 2 unspecified atom stereocenters. The lowest BCUT2D eigenvalue weighted by Crippen LogP contribution is -2.50. The highest BCUT2D eigenvalue weighted by Gasteiger charge is 2.35.